The van der Waals surface area contributed by atoms with E-state index in [4.69, 9.17) is 0 Å². The molecule has 0 aliphatic carbocycles. The summed E-state index contributed by atoms with van der Waals surface area (Å²) >= 11 is 0. The molecule has 2 aliphatic heterocycles. The highest BCUT2D eigenvalue weighted by Gasteiger charge is 2.40. The zero-order chi connectivity index (χ0) is 19.4. The van der Waals surface area contributed by atoms with E-state index in [2.05, 4.69) is 74.9 Å². The number of piperidine rings is 1. The summed E-state index contributed by atoms with van der Waals surface area (Å²) in [5.41, 5.74) is 2.03. The Balaban J connectivity index is 1.21. The Labute approximate surface area is 170 Å². The van der Waals surface area contributed by atoms with Crippen molar-refractivity contribution in [2.75, 3.05) is 51.7 Å². The van der Waals surface area contributed by atoms with Gasteiger partial charge in [-0.25, -0.2) is 4.98 Å². The molecule has 0 N–H and O–H groups in total. The molecule has 1 aromatic heterocycles. The molecule has 2 aromatic rings. The Morgan fingerprint density at radius 3 is 2.39 bits per heavy atom. The van der Waals surface area contributed by atoms with Crippen LogP contribution >= 0.6 is 0 Å². The van der Waals surface area contributed by atoms with Gasteiger partial charge in [-0.15, -0.1) is 0 Å². The molecule has 2 aliphatic rings. The fraction of sp³-hybridized carbons (Fsp3) is 0.609. The maximum absolute atomic E-state index is 4.44. The van der Waals surface area contributed by atoms with Crippen LogP contribution in [0.15, 0.2) is 42.7 Å². The number of anilines is 1. The van der Waals surface area contributed by atoms with Crippen molar-refractivity contribution in [2.45, 2.75) is 38.8 Å². The topological polar surface area (TPSA) is 27.5 Å². The van der Waals surface area contributed by atoms with E-state index in [1.165, 1.54) is 64.0 Å². The molecule has 3 heterocycles. The van der Waals surface area contributed by atoms with Gasteiger partial charge in [-0.05, 0) is 62.8 Å². The van der Waals surface area contributed by atoms with Crippen LogP contribution in [-0.4, -0.2) is 66.2 Å². The number of imidazole rings is 1. The van der Waals surface area contributed by atoms with Crippen LogP contribution in [0.1, 0.15) is 31.2 Å². The quantitative estimate of drug-likeness (QED) is 0.735. The largest absolute Gasteiger partial charge is 0.348 e. The smallest absolute Gasteiger partial charge is 0.204 e. The van der Waals surface area contributed by atoms with Gasteiger partial charge in [-0.3, -0.25) is 4.90 Å². The number of likely N-dealkylation sites (tertiary alicyclic amines) is 2. The molecule has 5 nitrogen and oxygen atoms in total. The molecule has 152 valence electrons. The number of rotatable bonds is 7. The summed E-state index contributed by atoms with van der Waals surface area (Å²) in [5.74, 6) is 1.06. The highest BCUT2D eigenvalue weighted by molar-refractivity contribution is 5.27. The van der Waals surface area contributed by atoms with E-state index in [1.54, 1.807) is 0 Å². The number of aromatic nitrogens is 2. The lowest BCUT2D eigenvalue weighted by Crippen LogP contribution is -2.41. The van der Waals surface area contributed by atoms with E-state index in [9.17, 15) is 0 Å². The first kappa shape index (κ1) is 19.5. The normalized spacial score (nSPS) is 20.1. The predicted octanol–water partition coefficient (Wildman–Crippen LogP) is 3.33. The molecule has 1 aromatic carbocycles. The maximum Gasteiger partial charge on any atom is 0.204 e. The van der Waals surface area contributed by atoms with Gasteiger partial charge < -0.3 is 14.4 Å². The number of nitrogens with zero attached hydrogens (tertiary/aromatic N) is 5. The van der Waals surface area contributed by atoms with Crippen LogP contribution in [0.3, 0.4) is 0 Å². The fourth-order valence-corrected chi connectivity index (χ4v) is 4.99. The van der Waals surface area contributed by atoms with Crippen LogP contribution in [0.2, 0.25) is 0 Å². The number of benzene rings is 1. The highest BCUT2D eigenvalue weighted by Crippen LogP contribution is 2.40. The van der Waals surface area contributed by atoms with Crippen molar-refractivity contribution in [3.63, 3.8) is 0 Å². The minimum absolute atomic E-state index is 0.580. The fourth-order valence-electron chi connectivity index (χ4n) is 4.99. The molecular formula is C23H35N5. The standard InChI is InChI=1S/C23H35N5/c1-25(2)22-24-12-18-28(22)14-6-13-27-17-11-23(20-27)9-15-26(16-10-23)19-21-7-4-3-5-8-21/h3-5,7-8,12,18H,6,9-11,13-17,19-20H2,1-2H3. The van der Waals surface area contributed by atoms with Gasteiger partial charge in [0, 0.05) is 46.1 Å². The molecule has 2 saturated heterocycles. The summed E-state index contributed by atoms with van der Waals surface area (Å²) in [7, 11) is 4.13. The molecule has 4 rings (SSSR count). The third-order valence-corrected chi connectivity index (χ3v) is 6.65. The zero-order valence-electron chi connectivity index (χ0n) is 17.6. The molecular weight excluding hydrogens is 346 g/mol. The van der Waals surface area contributed by atoms with E-state index in [0.29, 0.717) is 5.41 Å². The molecule has 2 fully saturated rings. The van der Waals surface area contributed by atoms with Crippen LogP contribution in [0, 0.1) is 5.41 Å². The first-order valence-electron chi connectivity index (χ1n) is 10.8. The Morgan fingerprint density at radius 2 is 1.68 bits per heavy atom. The predicted molar refractivity (Wildman–Crippen MR) is 116 cm³/mol. The molecule has 0 atom stereocenters. The van der Waals surface area contributed by atoms with Gasteiger partial charge in [0.05, 0.1) is 0 Å². The van der Waals surface area contributed by atoms with Crippen molar-refractivity contribution in [2.24, 2.45) is 5.41 Å². The van der Waals surface area contributed by atoms with E-state index in [1.807, 2.05) is 6.20 Å². The van der Waals surface area contributed by atoms with E-state index in [-0.39, 0.29) is 0 Å². The van der Waals surface area contributed by atoms with E-state index in [0.717, 1.165) is 19.0 Å². The minimum atomic E-state index is 0.580. The summed E-state index contributed by atoms with van der Waals surface area (Å²) in [4.78, 5) is 11.9. The summed E-state index contributed by atoms with van der Waals surface area (Å²) in [6, 6.07) is 10.9. The van der Waals surface area contributed by atoms with Gasteiger partial charge in [0.15, 0.2) is 0 Å². The van der Waals surface area contributed by atoms with Gasteiger partial charge in [0.25, 0.3) is 0 Å². The third-order valence-electron chi connectivity index (χ3n) is 6.65. The minimum Gasteiger partial charge on any atom is -0.348 e. The number of hydrogen-bond acceptors (Lipinski definition) is 4. The summed E-state index contributed by atoms with van der Waals surface area (Å²) in [5, 5.41) is 0. The second-order valence-corrected chi connectivity index (χ2v) is 8.96. The molecule has 1 spiro atoms. The Kier molecular flexibility index (Phi) is 6.02. The van der Waals surface area contributed by atoms with Crippen molar-refractivity contribution in [1.82, 2.24) is 19.4 Å². The summed E-state index contributed by atoms with van der Waals surface area (Å²) < 4.78 is 2.27. The number of hydrogen-bond donors (Lipinski definition) is 0. The molecule has 0 radical (unpaired) electrons. The van der Waals surface area contributed by atoms with Crippen LogP contribution in [0.5, 0.6) is 0 Å². The molecule has 0 bridgehead atoms. The summed E-state index contributed by atoms with van der Waals surface area (Å²) in [6.07, 6.45) is 9.32. The van der Waals surface area contributed by atoms with Gasteiger partial charge in [-0.2, -0.15) is 0 Å². The van der Waals surface area contributed by atoms with Crippen LogP contribution < -0.4 is 4.90 Å². The lowest BCUT2D eigenvalue weighted by molar-refractivity contribution is 0.102. The first-order chi connectivity index (χ1) is 13.6. The van der Waals surface area contributed by atoms with Gasteiger partial charge in [0.1, 0.15) is 0 Å². The first-order valence-corrected chi connectivity index (χ1v) is 10.8. The third kappa shape index (κ3) is 4.58. The Bertz CT molecular complexity index is 730. The summed E-state index contributed by atoms with van der Waals surface area (Å²) in [6.45, 7) is 8.47. The van der Waals surface area contributed by atoms with Crippen molar-refractivity contribution >= 4 is 5.95 Å². The lowest BCUT2D eigenvalue weighted by atomic mass is 9.77. The van der Waals surface area contributed by atoms with Crippen molar-refractivity contribution in [3.8, 4) is 0 Å². The lowest BCUT2D eigenvalue weighted by Gasteiger charge is -2.39. The SMILES string of the molecule is CN(C)c1nccn1CCCN1CCC2(CCN(Cc3ccccc3)CC2)C1. The van der Waals surface area contributed by atoms with Crippen molar-refractivity contribution < 1.29 is 0 Å². The number of aryl methyl sites for hydroxylation is 1. The molecule has 0 unspecified atom stereocenters. The van der Waals surface area contributed by atoms with Crippen molar-refractivity contribution in [1.29, 1.82) is 0 Å². The van der Waals surface area contributed by atoms with Crippen molar-refractivity contribution in [3.05, 3.63) is 48.3 Å². The Morgan fingerprint density at radius 1 is 0.964 bits per heavy atom. The monoisotopic (exact) mass is 381 g/mol. The highest BCUT2D eigenvalue weighted by atomic mass is 15.3. The van der Waals surface area contributed by atoms with Crippen LogP contribution in [0.25, 0.3) is 0 Å². The zero-order valence-corrected chi connectivity index (χ0v) is 17.6. The van der Waals surface area contributed by atoms with E-state index >= 15 is 0 Å². The van der Waals surface area contributed by atoms with Gasteiger partial charge >= 0.3 is 0 Å². The van der Waals surface area contributed by atoms with Gasteiger partial charge in [-0.1, -0.05) is 30.3 Å². The average Bonchev–Trinajstić information content (AvgIpc) is 3.33. The molecule has 28 heavy (non-hydrogen) atoms. The van der Waals surface area contributed by atoms with E-state index < -0.39 is 0 Å². The van der Waals surface area contributed by atoms with Gasteiger partial charge in [0.2, 0.25) is 5.95 Å². The molecule has 0 saturated carbocycles. The maximum atomic E-state index is 4.44. The molecule has 5 heteroatoms. The second-order valence-electron chi connectivity index (χ2n) is 8.96. The van der Waals surface area contributed by atoms with Crippen LogP contribution in [-0.2, 0) is 13.1 Å². The average molecular weight is 382 g/mol. The molecule has 0 amide bonds. The van der Waals surface area contributed by atoms with Crippen LogP contribution in [0.4, 0.5) is 5.95 Å². The second kappa shape index (κ2) is 8.66. The Hall–Kier alpha value is -1.85.